The molecule has 0 spiro atoms. The summed E-state index contributed by atoms with van der Waals surface area (Å²) < 4.78 is 28.3. The maximum atomic E-state index is 12.4. The first-order valence-corrected chi connectivity index (χ1v) is 7.79. The van der Waals surface area contributed by atoms with E-state index in [0.717, 1.165) is 4.68 Å². The maximum absolute atomic E-state index is 12.4. The molecular weight excluding hydrogens is 364 g/mol. The third-order valence-electron chi connectivity index (χ3n) is 2.55. The minimum atomic E-state index is -3.95. The van der Waals surface area contributed by atoms with Gasteiger partial charge in [0.15, 0.2) is 10.4 Å². The van der Waals surface area contributed by atoms with Gasteiger partial charge in [-0.2, -0.15) is 8.42 Å². The summed E-state index contributed by atoms with van der Waals surface area (Å²) in [5, 5.41) is 18.7. The molecule has 0 fully saturated rings. The molecule has 0 radical (unpaired) electrons. The molecule has 4 N–H and O–H groups in total. The van der Waals surface area contributed by atoms with Gasteiger partial charge in [0.05, 0.1) is 5.69 Å². The van der Waals surface area contributed by atoms with Crippen molar-refractivity contribution < 1.29 is 13.6 Å². The Bertz CT molecular complexity index is 781. The second kappa shape index (κ2) is 5.69. The van der Waals surface area contributed by atoms with Crippen LogP contribution in [0.25, 0.3) is 0 Å². The summed E-state index contributed by atoms with van der Waals surface area (Å²) in [6, 6.07) is 6.25. The minimum Gasteiger partial charge on any atom is -0.409 e. The highest BCUT2D eigenvalue weighted by Crippen LogP contribution is 2.23. The monoisotopic (exact) mass is 374 g/mol. The normalized spacial score (nSPS) is 12.4. The maximum Gasteiger partial charge on any atom is 0.281 e. The Morgan fingerprint density at radius 3 is 2.71 bits per heavy atom. The van der Waals surface area contributed by atoms with Crippen molar-refractivity contribution in [2.24, 2.45) is 17.9 Å². The van der Waals surface area contributed by atoms with Crippen LogP contribution in [0, 0.1) is 0 Å². The second-order valence-corrected chi connectivity index (χ2v) is 6.29. The Morgan fingerprint density at radius 2 is 2.14 bits per heavy atom. The molecule has 1 heterocycles. The van der Waals surface area contributed by atoms with E-state index < -0.39 is 10.0 Å². The number of sulfonamides is 1. The zero-order chi connectivity index (χ0) is 15.6. The standard InChI is InChI=1S/C10H11BrN6O3S/c1-17-10(8(11)13-16-17)21(19,20)15-7-5-3-2-4-6(7)9(12)14-18/h2-5,15,18H,1H3,(H2,12,14). The molecule has 0 unspecified atom stereocenters. The van der Waals surface area contributed by atoms with E-state index in [0.29, 0.717) is 0 Å². The predicted octanol–water partition coefficient (Wildman–Crippen LogP) is 0.473. The van der Waals surface area contributed by atoms with Gasteiger partial charge in [0, 0.05) is 12.6 Å². The number of rotatable bonds is 4. The number of nitrogens with zero attached hydrogens (tertiary/aromatic N) is 4. The van der Waals surface area contributed by atoms with Gasteiger partial charge in [-0.25, -0.2) is 4.68 Å². The van der Waals surface area contributed by atoms with Crippen LogP contribution in [0.1, 0.15) is 5.56 Å². The average molecular weight is 375 g/mol. The molecule has 0 saturated carbocycles. The highest BCUT2D eigenvalue weighted by molar-refractivity contribution is 9.10. The molecule has 112 valence electrons. The van der Waals surface area contributed by atoms with Crippen molar-refractivity contribution in [2.45, 2.75) is 5.03 Å². The Kier molecular flexibility index (Phi) is 4.14. The van der Waals surface area contributed by atoms with Crippen molar-refractivity contribution in [1.29, 1.82) is 0 Å². The predicted molar refractivity (Wildman–Crippen MR) is 78.5 cm³/mol. The van der Waals surface area contributed by atoms with E-state index in [1.165, 1.54) is 19.2 Å². The molecule has 11 heteroatoms. The molecule has 0 aliphatic heterocycles. The molecule has 21 heavy (non-hydrogen) atoms. The summed E-state index contributed by atoms with van der Waals surface area (Å²) in [5.41, 5.74) is 5.93. The Hall–Kier alpha value is -2.14. The number of halogens is 1. The van der Waals surface area contributed by atoms with Crippen molar-refractivity contribution in [3.63, 3.8) is 0 Å². The summed E-state index contributed by atoms with van der Waals surface area (Å²) >= 11 is 3.03. The van der Waals surface area contributed by atoms with Crippen LogP contribution in [0.4, 0.5) is 5.69 Å². The first kappa shape index (κ1) is 15.3. The van der Waals surface area contributed by atoms with Crippen molar-refractivity contribution in [2.75, 3.05) is 4.72 Å². The molecule has 1 aromatic heterocycles. The minimum absolute atomic E-state index is 0.0822. The van der Waals surface area contributed by atoms with Crippen LogP contribution in [0.5, 0.6) is 0 Å². The van der Waals surface area contributed by atoms with Gasteiger partial charge in [0.25, 0.3) is 10.0 Å². The van der Waals surface area contributed by atoms with E-state index in [2.05, 4.69) is 36.1 Å². The lowest BCUT2D eigenvalue weighted by molar-refractivity contribution is 0.318. The van der Waals surface area contributed by atoms with Gasteiger partial charge in [-0.3, -0.25) is 4.72 Å². The Balaban J connectivity index is 2.48. The number of hydrogen-bond donors (Lipinski definition) is 3. The second-order valence-electron chi connectivity index (χ2n) is 3.95. The zero-order valence-corrected chi connectivity index (χ0v) is 13.1. The molecule has 2 rings (SSSR count). The van der Waals surface area contributed by atoms with Crippen LogP contribution in [-0.4, -0.2) is 34.5 Å². The number of amidine groups is 1. The number of anilines is 1. The third kappa shape index (κ3) is 2.97. The van der Waals surface area contributed by atoms with Crippen LogP contribution in [-0.2, 0) is 17.1 Å². The first-order valence-electron chi connectivity index (χ1n) is 5.51. The third-order valence-corrected chi connectivity index (χ3v) is 4.80. The zero-order valence-electron chi connectivity index (χ0n) is 10.7. The lowest BCUT2D eigenvalue weighted by Gasteiger charge is -2.11. The molecule has 0 saturated heterocycles. The molecule has 0 bridgehead atoms. The number of oxime groups is 1. The highest BCUT2D eigenvalue weighted by Gasteiger charge is 2.25. The number of aromatic nitrogens is 3. The fraction of sp³-hybridized carbons (Fsp3) is 0.100. The highest BCUT2D eigenvalue weighted by atomic mass is 79.9. The topological polar surface area (TPSA) is 135 Å². The van der Waals surface area contributed by atoms with E-state index in [4.69, 9.17) is 10.9 Å². The van der Waals surface area contributed by atoms with Gasteiger partial charge in [0.2, 0.25) is 5.03 Å². The van der Waals surface area contributed by atoms with Gasteiger partial charge < -0.3 is 10.9 Å². The smallest absolute Gasteiger partial charge is 0.281 e. The largest absolute Gasteiger partial charge is 0.409 e. The van der Waals surface area contributed by atoms with Gasteiger partial charge >= 0.3 is 0 Å². The average Bonchev–Trinajstić information content (AvgIpc) is 2.78. The van der Waals surface area contributed by atoms with Gasteiger partial charge in [-0.1, -0.05) is 22.5 Å². The van der Waals surface area contributed by atoms with Crippen LogP contribution < -0.4 is 10.5 Å². The molecular formula is C10H11BrN6O3S. The van der Waals surface area contributed by atoms with E-state index in [-0.39, 0.29) is 26.7 Å². The molecule has 9 nitrogen and oxygen atoms in total. The first-order chi connectivity index (χ1) is 9.86. The molecule has 0 atom stereocenters. The van der Waals surface area contributed by atoms with Crippen LogP contribution >= 0.6 is 15.9 Å². The van der Waals surface area contributed by atoms with Gasteiger partial charge in [-0.05, 0) is 28.1 Å². The van der Waals surface area contributed by atoms with E-state index >= 15 is 0 Å². The van der Waals surface area contributed by atoms with E-state index in [1.54, 1.807) is 12.1 Å². The number of nitrogens with two attached hydrogens (primary N) is 1. The van der Waals surface area contributed by atoms with Gasteiger partial charge in [0.1, 0.15) is 0 Å². The van der Waals surface area contributed by atoms with Crippen LogP contribution in [0.2, 0.25) is 0 Å². The lowest BCUT2D eigenvalue weighted by Crippen LogP contribution is -2.21. The summed E-state index contributed by atoms with van der Waals surface area (Å²) in [7, 11) is -2.50. The number of benzene rings is 1. The van der Waals surface area contributed by atoms with Crippen molar-refractivity contribution >= 4 is 37.5 Å². The Labute approximate surface area is 128 Å². The van der Waals surface area contributed by atoms with Crippen molar-refractivity contribution in [1.82, 2.24) is 15.0 Å². The van der Waals surface area contributed by atoms with Crippen molar-refractivity contribution in [3.05, 3.63) is 34.4 Å². The van der Waals surface area contributed by atoms with Gasteiger partial charge in [-0.15, -0.1) is 5.10 Å². The number of nitrogens with one attached hydrogen (secondary N) is 1. The molecule has 0 aliphatic carbocycles. The van der Waals surface area contributed by atoms with Crippen molar-refractivity contribution in [3.8, 4) is 0 Å². The number of aryl methyl sites for hydroxylation is 1. The van der Waals surface area contributed by atoms with E-state index in [9.17, 15) is 8.42 Å². The van der Waals surface area contributed by atoms with Crippen LogP contribution in [0.15, 0.2) is 39.1 Å². The number of para-hydroxylation sites is 1. The summed E-state index contributed by atoms with van der Waals surface area (Å²) in [5.74, 6) is -0.213. The Morgan fingerprint density at radius 1 is 1.48 bits per heavy atom. The summed E-state index contributed by atoms with van der Waals surface area (Å²) in [6.07, 6.45) is 0. The van der Waals surface area contributed by atoms with Crippen LogP contribution in [0.3, 0.4) is 0 Å². The quantitative estimate of drug-likeness (QED) is 0.308. The van der Waals surface area contributed by atoms with E-state index in [1.807, 2.05) is 0 Å². The molecule has 0 amide bonds. The molecule has 0 aliphatic rings. The molecule has 2 aromatic rings. The summed E-state index contributed by atoms with van der Waals surface area (Å²) in [4.78, 5) is 0. The lowest BCUT2D eigenvalue weighted by atomic mass is 10.2. The SMILES string of the molecule is Cn1nnc(Br)c1S(=O)(=O)Nc1ccccc1/C(N)=N/O. The fourth-order valence-electron chi connectivity index (χ4n) is 1.65. The summed E-state index contributed by atoms with van der Waals surface area (Å²) in [6.45, 7) is 0. The number of hydrogen-bond acceptors (Lipinski definition) is 6. The fourth-order valence-corrected chi connectivity index (χ4v) is 3.83. The molecule has 1 aromatic carbocycles.